The van der Waals surface area contributed by atoms with Gasteiger partial charge in [0, 0.05) is 25.5 Å². The lowest BCUT2D eigenvalue weighted by Crippen LogP contribution is -2.36. The third-order valence-corrected chi connectivity index (χ3v) is 7.68. The summed E-state index contributed by atoms with van der Waals surface area (Å²) in [5.41, 5.74) is 3.48. The van der Waals surface area contributed by atoms with E-state index >= 15 is 0 Å². The molecule has 0 spiro atoms. The van der Waals surface area contributed by atoms with Crippen molar-refractivity contribution >= 4 is 35.0 Å². The highest BCUT2D eigenvalue weighted by molar-refractivity contribution is 7.11. The summed E-state index contributed by atoms with van der Waals surface area (Å²) in [6.45, 7) is 12.6. The fourth-order valence-electron chi connectivity index (χ4n) is 4.63. The summed E-state index contributed by atoms with van der Waals surface area (Å²) in [7, 11) is 4.48. The average Bonchev–Trinajstić information content (AvgIpc) is 3.52. The van der Waals surface area contributed by atoms with Crippen molar-refractivity contribution in [1.29, 1.82) is 0 Å². The first-order valence-corrected chi connectivity index (χ1v) is 14.9. The van der Waals surface area contributed by atoms with Gasteiger partial charge < -0.3 is 34.5 Å². The number of likely N-dealkylation sites (N-methyl/N-ethyl adjacent to an activating group) is 1. The molecule has 0 unspecified atom stereocenters. The number of amides is 2. The minimum absolute atomic E-state index is 0.0891. The number of hydrogen-bond donors (Lipinski definition) is 2. The van der Waals surface area contributed by atoms with Crippen LogP contribution in [0.25, 0.3) is 0 Å². The van der Waals surface area contributed by atoms with Crippen molar-refractivity contribution in [3.05, 3.63) is 39.9 Å². The molecular formula is C30H40N6O6S. The Labute approximate surface area is 256 Å². The molecule has 3 aromatic rings. The van der Waals surface area contributed by atoms with Gasteiger partial charge in [0.15, 0.2) is 5.69 Å². The minimum Gasteiger partial charge on any atom is -0.479 e. The van der Waals surface area contributed by atoms with Crippen LogP contribution in [0.15, 0.2) is 17.5 Å². The van der Waals surface area contributed by atoms with Gasteiger partial charge in [-0.1, -0.05) is 31.3 Å². The summed E-state index contributed by atoms with van der Waals surface area (Å²) >= 11 is 1.23. The lowest BCUT2D eigenvalue weighted by molar-refractivity contribution is 0.0305. The molecule has 2 N–H and O–H groups in total. The van der Waals surface area contributed by atoms with E-state index < -0.39 is 17.6 Å². The van der Waals surface area contributed by atoms with Gasteiger partial charge in [-0.2, -0.15) is 15.0 Å². The number of aromatic nitrogens is 3. The Kier molecular flexibility index (Phi) is 9.33. The van der Waals surface area contributed by atoms with Gasteiger partial charge in [-0.25, -0.2) is 4.79 Å². The summed E-state index contributed by atoms with van der Waals surface area (Å²) in [6.07, 6.45) is 1.72. The number of fused-ring (bicyclic) bond motifs is 1. The molecule has 1 aromatic carbocycles. The van der Waals surface area contributed by atoms with Crippen molar-refractivity contribution < 1.29 is 28.5 Å². The normalized spacial score (nSPS) is 13.6. The van der Waals surface area contributed by atoms with Crippen molar-refractivity contribution in [3.63, 3.8) is 0 Å². The van der Waals surface area contributed by atoms with Crippen LogP contribution in [0.1, 0.15) is 68.2 Å². The van der Waals surface area contributed by atoms with Crippen LogP contribution in [0.4, 0.5) is 16.4 Å². The Hall–Kier alpha value is -4.13. The van der Waals surface area contributed by atoms with E-state index in [1.165, 1.54) is 41.6 Å². The molecule has 232 valence electrons. The molecule has 2 heterocycles. The number of anilines is 2. The smallest absolute Gasteiger partial charge is 0.410 e. The predicted molar refractivity (Wildman–Crippen MR) is 165 cm³/mol. The molecule has 1 aliphatic carbocycles. The zero-order chi connectivity index (χ0) is 31.5. The first-order chi connectivity index (χ1) is 20.2. The summed E-state index contributed by atoms with van der Waals surface area (Å²) in [5.74, 6) is 0.601. The number of rotatable bonds is 10. The number of carbonyl (C=O) groups excluding carboxylic acids is 2. The fraction of sp³-hybridized carbons (Fsp3) is 0.500. The Morgan fingerprint density at radius 1 is 1.09 bits per heavy atom. The van der Waals surface area contributed by atoms with E-state index in [-0.39, 0.29) is 34.5 Å². The Balaban J connectivity index is 1.43. The van der Waals surface area contributed by atoms with Crippen LogP contribution in [-0.2, 0) is 16.6 Å². The van der Waals surface area contributed by atoms with Crippen LogP contribution in [0.5, 0.6) is 22.7 Å². The standard InChI is InChI=1S/C30H40N6O6S/c1-17-14-18-10-11-30(5,6)19(18)15-21(17)41-27-32-20(16-43-27)23(37)33-22-24(39-8)34-26(35-25(22)40-9)31-12-13-36(7)28(38)42-29(2,3)4/h14-16H,10-13H2,1-9H3,(H,33,37)(H,31,34,35). The number of thiazole rings is 1. The first-order valence-electron chi connectivity index (χ1n) is 14.0. The van der Waals surface area contributed by atoms with E-state index in [1.807, 2.05) is 6.92 Å². The topological polar surface area (TPSA) is 137 Å². The molecule has 12 nitrogen and oxygen atoms in total. The van der Waals surface area contributed by atoms with Crippen LogP contribution in [0, 0.1) is 6.92 Å². The number of nitrogens with zero attached hydrogens (tertiary/aromatic N) is 4. The second-order valence-electron chi connectivity index (χ2n) is 12.0. The van der Waals surface area contributed by atoms with E-state index in [1.54, 1.807) is 33.2 Å². The van der Waals surface area contributed by atoms with Gasteiger partial charge in [-0.3, -0.25) is 4.79 Å². The number of methoxy groups -OCH3 is 2. The SMILES string of the molecule is COc1nc(NCCN(C)C(=O)OC(C)(C)C)nc(OC)c1NC(=O)c1csc(Oc2cc3c(cc2C)CCC3(C)C)n1. The first kappa shape index (κ1) is 31.8. The molecule has 0 fully saturated rings. The largest absolute Gasteiger partial charge is 0.479 e. The molecular weight excluding hydrogens is 572 g/mol. The highest BCUT2D eigenvalue weighted by Crippen LogP contribution is 2.42. The van der Waals surface area contributed by atoms with Crippen molar-refractivity contribution in [2.45, 2.75) is 65.4 Å². The van der Waals surface area contributed by atoms with E-state index in [2.05, 4.69) is 51.6 Å². The Bertz CT molecular complexity index is 1470. The molecule has 0 aliphatic heterocycles. The molecule has 1 aliphatic rings. The third kappa shape index (κ3) is 7.64. The lowest BCUT2D eigenvalue weighted by Gasteiger charge is -2.24. The zero-order valence-electron chi connectivity index (χ0n) is 26.2. The summed E-state index contributed by atoms with van der Waals surface area (Å²) in [5, 5.41) is 7.76. The number of benzene rings is 1. The monoisotopic (exact) mass is 612 g/mol. The van der Waals surface area contributed by atoms with Crippen LogP contribution < -0.4 is 24.8 Å². The highest BCUT2D eigenvalue weighted by atomic mass is 32.1. The van der Waals surface area contributed by atoms with E-state index in [9.17, 15) is 9.59 Å². The highest BCUT2D eigenvalue weighted by Gasteiger charge is 2.31. The van der Waals surface area contributed by atoms with Crippen molar-refractivity contribution in [3.8, 4) is 22.7 Å². The number of nitrogens with one attached hydrogen (secondary N) is 2. The van der Waals surface area contributed by atoms with Crippen molar-refractivity contribution in [1.82, 2.24) is 19.9 Å². The van der Waals surface area contributed by atoms with Gasteiger partial charge in [-0.05, 0) is 68.7 Å². The molecule has 2 aromatic heterocycles. The number of ether oxygens (including phenoxy) is 4. The van der Waals surface area contributed by atoms with Crippen molar-refractivity contribution in [2.75, 3.05) is 45.0 Å². The molecule has 0 atom stereocenters. The molecule has 0 saturated carbocycles. The zero-order valence-corrected chi connectivity index (χ0v) is 27.0. The molecule has 13 heteroatoms. The second kappa shape index (κ2) is 12.6. The third-order valence-electron chi connectivity index (χ3n) is 6.97. The van der Waals surface area contributed by atoms with Crippen LogP contribution in [-0.4, -0.2) is 71.8 Å². The second-order valence-corrected chi connectivity index (χ2v) is 12.8. The number of carbonyl (C=O) groups is 2. The Morgan fingerprint density at radius 3 is 2.40 bits per heavy atom. The van der Waals surface area contributed by atoms with Gasteiger partial charge in [0.05, 0.1) is 14.2 Å². The van der Waals surface area contributed by atoms with Gasteiger partial charge >= 0.3 is 6.09 Å². The van der Waals surface area contributed by atoms with Gasteiger partial charge in [0.25, 0.3) is 11.1 Å². The maximum absolute atomic E-state index is 13.2. The van der Waals surface area contributed by atoms with E-state index in [0.717, 1.165) is 24.2 Å². The molecule has 43 heavy (non-hydrogen) atoms. The van der Waals surface area contributed by atoms with E-state index in [4.69, 9.17) is 18.9 Å². The van der Waals surface area contributed by atoms with E-state index in [0.29, 0.717) is 18.3 Å². The molecule has 0 saturated heterocycles. The van der Waals surface area contributed by atoms with Crippen LogP contribution >= 0.6 is 11.3 Å². The summed E-state index contributed by atoms with van der Waals surface area (Å²) < 4.78 is 22.3. The quantitative estimate of drug-likeness (QED) is 0.289. The number of aryl methyl sites for hydroxylation is 2. The molecule has 0 bridgehead atoms. The summed E-state index contributed by atoms with van der Waals surface area (Å²) in [4.78, 5) is 39.9. The molecule has 0 radical (unpaired) electrons. The maximum Gasteiger partial charge on any atom is 0.410 e. The summed E-state index contributed by atoms with van der Waals surface area (Å²) in [6, 6.07) is 4.27. The predicted octanol–water partition coefficient (Wildman–Crippen LogP) is 5.81. The lowest BCUT2D eigenvalue weighted by atomic mass is 9.86. The molecule has 4 rings (SSSR count). The fourth-order valence-corrected chi connectivity index (χ4v) is 5.29. The average molecular weight is 613 g/mol. The molecule has 2 amide bonds. The minimum atomic E-state index is -0.589. The Morgan fingerprint density at radius 2 is 1.77 bits per heavy atom. The number of hydrogen-bond acceptors (Lipinski definition) is 11. The van der Waals surface area contributed by atoms with Gasteiger partial charge in [-0.15, -0.1) is 0 Å². The van der Waals surface area contributed by atoms with Crippen molar-refractivity contribution in [2.24, 2.45) is 0 Å². The maximum atomic E-state index is 13.2. The van der Waals surface area contributed by atoms with Gasteiger partial charge in [0.1, 0.15) is 17.0 Å². The van der Waals surface area contributed by atoms with Crippen LogP contribution in [0.2, 0.25) is 0 Å². The van der Waals surface area contributed by atoms with Gasteiger partial charge in [0.2, 0.25) is 17.7 Å². The van der Waals surface area contributed by atoms with Crippen LogP contribution in [0.3, 0.4) is 0 Å².